The van der Waals surface area contributed by atoms with Crippen LogP contribution in [0.2, 0.25) is 0 Å². The molecule has 1 saturated carbocycles. The summed E-state index contributed by atoms with van der Waals surface area (Å²) in [5.74, 6) is -5.21. The Morgan fingerprint density at radius 1 is 1.35 bits per heavy atom. The lowest BCUT2D eigenvalue weighted by Crippen LogP contribution is -2.26. The molecule has 2 aliphatic rings. The maximum Gasteiger partial charge on any atom is 0.586 e. The van der Waals surface area contributed by atoms with E-state index in [1.165, 1.54) is 0 Å². The van der Waals surface area contributed by atoms with Crippen LogP contribution >= 0.6 is 0 Å². The number of alkyl halides is 2. The van der Waals surface area contributed by atoms with Crippen LogP contribution in [-0.4, -0.2) is 39.5 Å². The van der Waals surface area contributed by atoms with Crippen molar-refractivity contribution in [1.82, 2.24) is 4.57 Å². The molecule has 5 rings (SSSR count). The van der Waals surface area contributed by atoms with Crippen LogP contribution < -0.4 is 9.47 Å². The number of rotatable bonds is 9. The SMILES string of the molecule is [2H]c1c([2H])c(C2(C(=O)Cc3cc4cc(C(C)(C([2H])([2H])[2H])C([2H])([2H])C)n(C([2H])([2H])[C@]([2H])(O)CO)c4cc3F)C([2H])([2H])C2([2H])[2H])c([2H])c2c1OC(F)(F)O2. The fourth-order valence-corrected chi connectivity index (χ4v) is 3.93. The third-order valence-electron chi connectivity index (χ3n) is 6.08. The predicted octanol–water partition coefficient (Wildman–Crippen LogP) is 4.99. The summed E-state index contributed by atoms with van der Waals surface area (Å²) in [5.41, 5.74) is -9.04. The van der Waals surface area contributed by atoms with E-state index in [0.29, 0.717) is 10.6 Å². The van der Waals surface area contributed by atoms with Crippen molar-refractivity contribution in [3.05, 3.63) is 59.0 Å². The summed E-state index contributed by atoms with van der Waals surface area (Å²) in [6.07, 6.45) is -18.4. The van der Waals surface area contributed by atoms with Gasteiger partial charge in [-0.05, 0) is 60.5 Å². The number of carbonyl (C=O) groups excluding carboxylic acids is 1. The molecule has 2 atom stereocenters. The van der Waals surface area contributed by atoms with Crippen molar-refractivity contribution < 1.29 is 58.2 Å². The van der Waals surface area contributed by atoms with E-state index in [4.69, 9.17) is 20.6 Å². The minimum atomic E-state index is -4.43. The summed E-state index contributed by atoms with van der Waals surface area (Å²) in [4.78, 5) is 14.1. The highest BCUT2D eigenvalue weighted by atomic mass is 19.3. The molecule has 6 nitrogen and oxygen atoms in total. The molecule has 37 heavy (non-hydrogen) atoms. The Bertz CT molecular complexity index is 2000. The van der Waals surface area contributed by atoms with Gasteiger partial charge in [0.15, 0.2) is 11.5 Å². The van der Waals surface area contributed by atoms with E-state index in [9.17, 15) is 23.8 Å². The Labute approximate surface area is 233 Å². The van der Waals surface area contributed by atoms with Crippen molar-refractivity contribution in [2.75, 3.05) is 6.61 Å². The number of carbonyl (C=O) groups is 1. The number of aromatic nitrogens is 1. The average molecular weight is 533 g/mol. The lowest BCUT2D eigenvalue weighted by Gasteiger charge is -2.26. The number of benzene rings is 2. The Kier molecular flexibility index (Phi) is 3.12. The molecule has 0 amide bonds. The Balaban J connectivity index is 1.76. The van der Waals surface area contributed by atoms with Gasteiger partial charge in [-0.3, -0.25) is 4.79 Å². The largest absolute Gasteiger partial charge is 0.586 e. The predicted molar refractivity (Wildman–Crippen MR) is 131 cm³/mol. The molecule has 1 aromatic heterocycles. The van der Waals surface area contributed by atoms with E-state index in [0.717, 1.165) is 26.0 Å². The molecule has 3 aromatic rings. The topological polar surface area (TPSA) is 80.9 Å². The van der Waals surface area contributed by atoms with Crippen molar-refractivity contribution in [3.8, 4) is 11.5 Å². The molecular formula is C28H30F3NO5. The normalized spacial score (nSPS) is 30.2. The Morgan fingerprint density at radius 2 is 2.08 bits per heavy atom. The number of aliphatic hydroxyl groups excluding tert-OH is 1. The highest BCUT2D eigenvalue weighted by Crippen LogP contribution is 2.52. The lowest BCUT2D eigenvalue weighted by atomic mass is 9.86. The second-order valence-electron chi connectivity index (χ2n) is 8.63. The number of fused-ring (bicyclic) bond motifs is 2. The van der Waals surface area contributed by atoms with Gasteiger partial charge in [-0.25, -0.2) is 4.39 Å². The standard InChI is InChI=1S/C28H30F3NO5/c1-4-26(2,3)24-10-17-9-16(20(29)13-21(17)32(24)14-19(34)15-33)11-25(35)27(7-8-27)18-5-6-22-23(12-18)37-28(30,31)36-22/h5-6,9-10,12-13,19,33-34H,4,7-8,11,14-15H2,1-3H3/t19-/m0/s1/i2D3,4D2,5D,6D,7D2,8D2,12D,14D2,19D/t19-,26?. The van der Waals surface area contributed by atoms with Crippen LogP contribution in [0.3, 0.4) is 0 Å². The molecule has 9 heteroatoms. The zero-order valence-electron chi connectivity index (χ0n) is 34.3. The summed E-state index contributed by atoms with van der Waals surface area (Å²) in [6, 6.07) is -1.45. The first-order chi connectivity index (χ1) is 23.2. The van der Waals surface area contributed by atoms with Crippen LogP contribution in [0.15, 0.2) is 36.3 Å². The second-order valence-corrected chi connectivity index (χ2v) is 8.63. The number of hydrogen-bond acceptors (Lipinski definition) is 5. The summed E-state index contributed by atoms with van der Waals surface area (Å²) in [7, 11) is 0. The number of Topliss-reactive ketones (excluding diaryl/α,β-unsaturated/α-hetero) is 1. The van der Waals surface area contributed by atoms with E-state index < -0.39 is 132 Å². The van der Waals surface area contributed by atoms with Crippen molar-refractivity contribution in [2.24, 2.45) is 0 Å². The van der Waals surface area contributed by atoms with Crippen LogP contribution in [0.1, 0.15) is 77.2 Å². The Hall–Kier alpha value is -3.04. The highest BCUT2D eigenvalue weighted by Gasteiger charge is 2.52. The number of ether oxygens (including phenoxy) is 2. The van der Waals surface area contributed by atoms with Crippen molar-refractivity contribution in [1.29, 1.82) is 0 Å². The summed E-state index contributed by atoms with van der Waals surface area (Å²) < 4.78 is 178. The third kappa shape index (κ3) is 4.48. The van der Waals surface area contributed by atoms with Gasteiger partial charge < -0.3 is 24.3 Å². The zero-order valence-corrected chi connectivity index (χ0v) is 19.3. The van der Waals surface area contributed by atoms with Crippen LogP contribution in [0.5, 0.6) is 11.5 Å². The number of nitrogens with zero attached hydrogens (tertiary/aromatic N) is 1. The molecule has 1 unspecified atom stereocenters. The van der Waals surface area contributed by atoms with Gasteiger partial charge in [0.2, 0.25) is 0 Å². The van der Waals surface area contributed by atoms with Gasteiger partial charge in [-0.1, -0.05) is 26.7 Å². The molecular weight excluding hydrogens is 487 g/mol. The van der Waals surface area contributed by atoms with Gasteiger partial charge in [-0.15, -0.1) is 8.78 Å². The molecule has 1 aliphatic carbocycles. The molecule has 0 bridgehead atoms. The quantitative estimate of drug-likeness (QED) is 0.406. The molecule has 2 N–H and O–H groups in total. The average Bonchev–Trinajstić information content (AvgIpc) is 3.33. The van der Waals surface area contributed by atoms with E-state index in [1.54, 1.807) is 0 Å². The minimum Gasteiger partial charge on any atom is -0.395 e. The van der Waals surface area contributed by atoms with E-state index >= 15 is 4.39 Å². The summed E-state index contributed by atoms with van der Waals surface area (Å²) >= 11 is 0. The van der Waals surface area contributed by atoms with Crippen LogP contribution in [-0.2, 0) is 28.5 Å². The van der Waals surface area contributed by atoms with Gasteiger partial charge >= 0.3 is 6.29 Å². The van der Waals surface area contributed by atoms with Crippen molar-refractivity contribution >= 4 is 16.7 Å². The first-order valence-corrected chi connectivity index (χ1v) is 10.8. The Morgan fingerprint density at radius 3 is 2.73 bits per heavy atom. The number of halogens is 3. The molecule has 198 valence electrons. The number of hydrogen-bond donors (Lipinski definition) is 2. The molecule has 0 spiro atoms. The van der Waals surface area contributed by atoms with Gasteiger partial charge in [0.1, 0.15) is 11.6 Å². The maximum atomic E-state index is 16.0. The molecule has 1 fully saturated rings. The van der Waals surface area contributed by atoms with Gasteiger partial charge in [0.25, 0.3) is 0 Å². The van der Waals surface area contributed by atoms with E-state index in [-0.39, 0.29) is 5.39 Å². The minimum absolute atomic E-state index is 0.325. The summed E-state index contributed by atoms with van der Waals surface area (Å²) in [6.45, 7) is -6.60. The third-order valence-corrected chi connectivity index (χ3v) is 6.08. The molecule has 0 saturated heterocycles. The molecule has 2 aromatic carbocycles. The maximum absolute atomic E-state index is 16.0. The van der Waals surface area contributed by atoms with Crippen molar-refractivity contribution in [3.63, 3.8) is 0 Å². The first-order valence-electron chi connectivity index (χ1n) is 18.3. The summed E-state index contributed by atoms with van der Waals surface area (Å²) in [5, 5.41) is 19.9. The lowest BCUT2D eigenvalue weighted by molar-refractivity contribution is -0.286. The molecule has 2 heterocycles. The number of ketones is 1. The zero-order chi connectivity index (χ0) is 40.0. The van der Waals surface area contributed by atoms with Crippen molar-refractivity contribution in [2.45, 2.75) is 75.9 Å². The van der Waals surface area contributed by atoms with E-state index in [1.807, 2.05) is 0 Å². The first kappa shape index (κ1) is 13.2. The fourth-order valence-electron chi connectivity index (χ4n) is 3.93. The van der Waals surface area contributed by atoms with Gasteiger partial charge in [-0.2, -0.15) is 0 Å². The fraction of sp³-hybridized carbons (Fsp3) is 0.464. The van der Waals surface area contributed by atoms with Crippen LogP contribution in [0, 0.1) is 5.82 Å². The number of aliphatic hydroxyl groups is 2. The molecule has 0 radical (unpaired) electrons. The van der Waals surface area contributed by atoms with Crippen LogP contribution in [0.4, 0.5) is 13.2 Å². The monoisotopic (exact) mass is 532 g/mol. The van der Waals surface area contributed by atoms with E-state index in [2.05, 4.69) is 9.47 Å². The van der Waals surface area contributed by atoms with Gasteiger partial charge in [0.05, 0.1) is 38.3 Å². The second kappa shape index (κ2) is 8.77. The molecule has 1 aliphatic heterocycles. The van der Waals surface area contributed by atoms with Gasteiger partial charge in [0, 0.05) is 35.3 Å². The smallest absolute Gasteiger partial charge is 0.395 e. The highest BCUT2D eigenvalue weighted by molar-refractivity contribution is 5.95. The van der Waals surface area contributed by atoms with Crippen LogP contribution in [0.25, 0.3) is 10.9 Å².